The van der Waals surface area contributed by atoms with Gasteiger partial charge in [-0.3, -0.25) is 19.3 Å². The number of rotatable bonds is 7. The van der Waals surface area contributed by atoms with Crippen molar-refractivity contribution < 1.29 is 23.9 Å². The average Bonchev–Trinajstić information content (AvgIpc) is 2.97. The molecule has 0 bridgehead atoms. The number of nitrogens with zero attached hydrogens (tertiary/aromatic N) is 2. The first-order valence-electron chi connectivity index (χ1n) is 9.45. The Morgan fingerprint density at radius 1 is 1.17 bits per heavy atom. The van der Waals surface area contributed by atoms with E-state index in [0.717, 1.165) is 6.42 Å². The number of benzene rings is 1. The summed E-state index contributed by atoms with van der Waals surface area (Å²) in [5, 5.41) is 2.94. The van der Waals surface area contributed by atoms with Crippen molar-refractivity contribution in [2.45, 2.75) is 32.8 Å². The summed E-state index contributed by atoms with van der Waals surface area (Å²) in [6.45, 7) is 3.71. The summed E-state index contributed by atoms with van der Waals surface area (Å²) in [6, 6.07) is 7.24. The maximum Gasteiger partial charge on any atom is 0.338 e. The van der Waals surface area contributed by atoms with Gasteiger partial charge in [0.15, 0.2) is 6.10 Å². The van der Waals surface area contributed by atoms with Crippen LogP contribution in [0.15, 0.2) is 36.5 Å². The largest absolute Gasteiger partial charge is 0.449 e. The van der Waals surface area contributed by atoms with Crippen LogP contribution in [0.3, 0.4) is 0 Å². The van der Waals surface area contributed by atoms with E-state index in [1.807, 2.05) is 6.92 Å². The summed E-state index contributed by atoms with van der Waals surface area (Å²) in [7, 11) is 0. The van der Waals surface area contributed by atoms with Crippen LogP contribution in [0, 0.1) is 0 Å². The zero-order chi connectivity index (χ0) is 21.8. The molecular formula is C21H20ClN3O5. The first kappa shape index (κ1) is 21.4. The lowest BCUT2D eigenvalue weighted by atomic mass is 10.1. The minimum Gasteiger partial charge on any atom is -0.449 e. The first-order chi connectivity index (χ1) is 14.3. The van der Waals surface area contributed by atoms with Crippen LogP contribution >= 0.6 is 11.6 Å². The van der Waals surface area contributed by atoms with E-state index in [1.54, 1.807) is 6.07 Å². The van der Waals surface area contributed by atoms with Gasteiger partial charge in [0, 0.05) is 12.7 Å². The van der Waals surface area contributed by atoms with Gasteiger partial charge in [-0.15, -0.1) is 0 Å². The summed E-state index contributed by atoms with van der Waals surface area (Å²) in [5.74, 6) is -1.89. The van der Waals surface area contributed by atoms with Gasteiger partial charge in [0.05, 0.1) is 21.7 Å². The number of hydrogen-bond acceptors (Lipinski definition) is 6. The molecule has 0 spiro atoms. The topological polar surface area (TPSA) is 106 Å². The van der Waals surface area contributed by atoms with Gasteiger partial charge in [0.25, 0.3) is 17.7 Å². The molecule has 0 aliphatic carbocycles. The fraction of sp³-hybridized carbons (Fsp3) is 0.286. The van der Waals surface area contributed by atoms with Crippen LogP contribution in [0.2, 0.25) is 5.02 Å². The molecule has 1 atom stereocenters. The molecule has 8 nitrogen and oxygen atoms in total. The standard InChI is InChI=1S/C21H20ClN3O5/c1-3-4-9-25-19(27)15-7-5-13(10-16(15)20(25)28)21(29)30-12(2)18(26)24-17-8-6-14(22)11-23-17/h5-8,10-12H,3-4,9H2,1-2H3,(H,23,24,26). The number of unbranched alkanes of at least 4 members (excludes halogenated alkanes) is 1. The van der Waals surface area contributed by atoms with Gasteiger partial charge < -0.3 is 10.1 Å². The second-order valence-corrected chi connectivity index (χ2v) is 7.21. The minimum absolute atomic E-state index is 0.0801. The van der Waals surface area contributed by atoms with Crippen LogP contribution in [0.25, 0.3) is 0 Å². The number of ether oxygens (including phenoxy) is 1. The van der Waals surface area contributed by atoms with Crippen LogP contribution in [0.4, 0.5) is 5.82 Å². The number of carbonyl (C=O) groups excluding carboxylic acids is 4. The zero-order valence-corrected chi connectivity index (χ0v) is 17.2. The molecule has 1 unspecified atom stereocenters. The van der Waals surface area contributed by atoms with Crippen molar-refractivity contribution >= 4 is 41.1 Å². The molecular weight excluding hydrogens is 410 g/mol. The van der Waals surface area contributed by atoms with Gasteiger partial charge in [-0.2, -0.15) is 0 Å². The lowest BCUT2D eigenvalue weighted by molar-refractivity contribution is -0.123. The molecule has 1 aromatic carbocycles. The highest BCUT2D eigenvalue weighted by atomic mass is 35.5. The minimum atomic E-state index is -1.11. The van der Waals surface area contributed by atoms with E-state index < -0.39 is 23.9 Å². The van der Waals surface area contributed by atoms with Crippen LogP contribution in [-0.4, -0.2) is 46.2 Å². The van der Waals surface area contributed by atoms with E-state index in [1.165, 1.54) is 42.3 Å². The van der Waals surface area contributed by atoms with Crippen molar-refractivity contribution in [2.75, 3.05) is 11.9 Å². The number of amides is 3. The normalized spacial score (nSPS) is 13.8. The summed E-state index contributed by atoms with van der Waals surface area (Å²) in [4.78, 5) is 54.7. The van der Waals surface area contributed by atoms with Gasteiger partial charge in [0.2, 0.25) is 0 Å². The molecule has 2 heterocycles. The highest BCUT2D eigenvalue weighted by Gasteiger charge is 2.35. The molecule has 9 heteroatoms. The summed E-state index contributed by atoms with van der Waals surface area (Å²) < 4.78 is 5.19. The second-order valence-electron chi connectivity index (χ2n) is 6.77. The Labute approximate surface area is 178 Å². The first-order valence-corrected chi connectivity index (χ1v) is 9.83. The number of aromatic nitrogens is 1. The number of carbonyl (C=O) groups is 4. The molecule has 1 aliphatic heterocycles. The second kappa shape index (κ2) is 9.04. The van der Waals surface area contributed by atoms with E-state index in [2.05, 4.69) is 10.3 Å². The lowest BCUT2D eigenvalue weighted by Gasteiger charge is -2.13. The number of pyridine rings is 1. The van der Waals surface area contributed by atoms with Crippen LogP contribution < -0.4 is 5.32 Å². The van der Waals surface area contributed by atoms with Crippen LogP contribution in [0.1, 0.15) is 57.8 Å². The molecule has 1 N–H and O–H groups in total. The van der Waals surface area contributed by atoms with Crippen molar-refractivity contribution in [1.82, 2.24) is 9.88 Å². The van der Waals surface area contributed by atoms with E-state index in [-0.39, 0.29) is 28.4 Å². The van der Waals surface area contributed by atoms with Crippen molar-refractivity contribution in [1.29, 1.82) is 0 Å². The number of imide groups is 1. The fourth-order valence-electron chi connectivity index (χ4n) is 2.90. The van der Waals surface area contributed by atoms with E-state index in [0.29, 0.717) is 18.0 Å². The van der Waals surface area contributed by atoms with Gasteiger partial charge in [0.1, 0.15) is 5.82 Å². The monoisotopic (exact) mass is 429 g/mol. The Kier molecular flexibility index (Phi) is 6.47. The predicted molar refractivity (Wildman–Crippen MR) is 109 cm³/mol. The molecule has 1 aliphatic rings. The van der Waals surface area contributed by atoms with E-state index >= 15 is 0 Å². The van der Waals surface area contributed by atoms with Gasteiger partial charge >= 0.3 is 5.97 Å². The third-order valence-corrected chi connectivity index (χ3v) is 4.80. The SMILES string of the molecule is CCCCN1C(=O)c2ccc(C(=O)OC(C)C(=O)Nc3ccc(Cl)cn3)cc2C1=O. The third kappa shape index (κ3) is 4.49. The third-order valence-electron chi connectivity index (χ3n) is 4.57. The van der Waals surface area contributed by atoms with Crippen molar-refractivity contribution in [3.05, 3.63) is 58.2 Å². The smallest absolute Gasteiger partial charge is 0.338 e. The van der Waals surface area contributed by atoms with Crippen molar-refractivity contribution in [2.24, 2.45) is 0 Å². The van der Waals surface area contributed by atoms with Gasteiger partial charge in [-0.05, 0) is 43.7 Å². The van der Waals surface area contributed by atoms with Gasteiger partial charge in [-0.25, -0.2) is 9.78 Å². The Bertz CT molecular complexity index is 1010. The van der Waals surface area contributed by atoms with Crippen LogP contribution in [-0.2, 0) is 9.53 Å². The van der Waals surface area contributed by atoms with Crippen LogP contribution in [0.5, 0.6) is 0 Å². The fourth-order valence-corrected chi connectivity index (χ4v) is 3.01. The number of esters is 1. The zero-order valence-electron chi connectivity index (χ0n) is 16.5. The van der Waals surface area contributed by atoms with E-state index in [9.17, 15) is 19.2 Å². The van der Waals surface area contributed by atoms with E-state index in [4.69, 9.17) is 16.3 Å². The lowest BCUT2D eigenvalue weighted by Crippen LogP contribution is -2.30. The highest BCUT2D eigenvalue weighted by molar-refractivity contribution is 6.30. The summed E-state index contributed by atoms with van der Waals surface area (Å²) >= 11 is 5.75. The van der Waals surface area contributed by atoms with Crippen molar-refractivity contribution in [3.8, 4) is 0 Å². The Balaban J connectivity index is 1.67. The number of anilines is 1. The maximum absolute atomic E-state index is 12.5. The molecule has 0 saturated heterocycles. The molecule has 3 amide bonds. The molecule has 156 valence electrons. The molecule has 2 aromatic rings. The van der Waals surface area contributed by atoms with Gasteiger partial charge in [-0.1, -0.05) is 24.9 Å². The molecule has 30 heavy (non-hydrogen) atoms. The molecule has 0 fully saturated rings. The molecule has 3 rings (SSSR count). The Hall–Kier alpha value is -3.26. The summed E-state index contributed by atoms with van der Waals surface area (Å²) in [5.41, 5.74) is 0.497. The highest BCUT2D eigenvalue weighted by Crippen LogP contribution is 2.25. The average molecular weight is 430 g/mol. The molecule has 1 aromatic heterocycles. The Morgan fingerprint density at radius 2 is 1.90 bits per heavy atom. The number of hydrogen-bond donors (Lipinski definition) is 1. The summed E-state index contributed by atoms with van der Waals surface area (Å²) in [6.07, 6.45) is 1.81. The van der Waals surface area contributed by atoms with Crippen molar-refractivity contribution in [3.63, 3.8) is 0 Å². The quantitative estimate of drug-likeness (QED) is 0.534. The number of fused-ring (bicyclic) bond motifs is 1. The maximum atomic E-state index is 12.5. The molecule has 0 radical (unpaired) electrons. The Morgan fingerprint density at radius 3 is 2.57 bits per heavy atom. The number of nitrogens with one attached hydrogen (secondary N) is 1. The predicted octanol–water partition coefficient (Wildman–Crippen LogP) is 3.32. The number of halogens is 1. The molecule has 0 saturated carbocycles.